The molecule has 0 bridgehead atoms. The van der Waals surface area contributed by atoms with Crippen molar-refractivity contribution in [1.82, 2.24) is 4.98 Å². The summed E-state index contributed by atoms with van der Waals surface area (Å²) in [6, 6.07) is 9.54. The molecule has 1 unspecified atom stereocenters. The summed E-state index contributed by atoms with van der Waals surface area (Å²) in [4.78, 5) is 4.22. The van der Waals surface area contributed by atoms with Crippen LogP contribution in [0.2, 0.25) is 0 Å². The number of nitrogens with zero attached hydrogens (tertiary/aromatic N) is 3. The molecule has 15 heavy (non-hydrogen) atoms. The topological polar surface area (TPSA) is 60.5 Å². The summed E-state index contributed by atoms with van der Waals surface area (Å²) in [7, 11) is 0. The van der Waals surface area contributed by atoms with E-state index < -0.39 is 0 Å². The smallest absolute Gasteiger partial charge is 0.140 e. The highest BCUT2D eigenvalue weighted by Gasteiger charge is 2.17. The molecule has 0 fully saturated rings. The van der Waals surface area contributed by atoms with Gasteiger partial charge in [-0.15, -0.1) is 0 Å². The van der Waals surface area contributed by atoms with Crippen LogP contribution in [0.15, 0.2) is 18.2 Å². The fourth-order valence-corrected chi connectivity index (χ4v) is 1.50. The summed E-state index contributed by atoms with van der Waals surface area (Å²) in [5.74, 6) is 0.467. The van der Waals surface area contributed by atoms with Crippen LogP contribution in [-0.2, 0) is 0 Å². The molecule has 1 atom stereocenters. The minimum atomic E-state index is 0.114. The number of nitriles is 2. The van der Waals surface area contributed by atoms with Crippen molar-refractivity contribution in [3.05, 3.63) is 29.6 Å². The first-order chi connectivity index (χ1) is 7.19. The zero-order chi connectivity index (χ0) is 11.3. The van der Waals surface area contributed by atoms with E-state index >= 15 is 0 Å². The zero-order valence-corrected chi connectivity index (χ0v) is 8.94. The first kappa shape index (κ1) is 11.2. The SMILES string of the molecule is CC(C)C(CC#N)c1cccc(C#N)n1. The van der Waals surface area contributed by atoms with Gasteiger partial charge in [-0.1, -0.05) is 19.9 Å². The van der Waals surface area contributed by atoms with Crippen molar-refractivity contribution in [3.63, 3.8) is 0 Å². The fourth-order valence-electron chi connectivity index (χ4n) is 1.50. The Kier molecular flexibility index (Phi) is 3.83. The van der Waals surface area contributed by atoms with Gasteiger partial charge in [0, 0.05) is 18.0 Å². The molecule has 76 valence electrons. The summed E-state index contributed by atoms with van der Waals surface area (Å²) in [5, 5.41) is 17.5. The molecule has 1 heterocycles. The highest BCUT2D eigenvalue weighted by molar-refractivity contribution is 5.24. The van der Waals surface area contributed by atoms with E-state index in [4.69, 9.17) is 10.5 Å². The Bertz CT molecular complexity index is 410. The van der Waals surface area contributed by atoms with Gasteiger partial charge in [0.1, 0.15) is 11.8 Å². The van der Waals surface area contributed by atoms with E-state index in [2.05, 4.69) is 24.9 Å². The van der Waals surface area contributed by atoms with Gasteiger partial charge < -0.3 is 0 Å². The molecule has 0 saturated heterocycles. The number of hydrogen-bond acceptors (Lipinski definition) is 3. The van der Waals surface area contributed by atoms with Crippen molar-refractivity contribution in [2.75, 3.05) is 0 Å². The van der Waals surface area contributed by atoms with Crippen LogP contribution in [0.4, 0.5) is 0 Å². The van der Waals surface area contributed by atoms with Gasteiger partial charge in [0.2, 0.25) is 0 Å². The maximum Gasteiger partial charge on any atom is 0.140 e. The molecular weight excluding hydrogens is 186 g/mol. The minimum absolute atomic E-state index is 0.114. The molecular formula is C12H13N3. The van der Waals surface area contributed by atoms with E-state index in [0.29, 0.717) is 18.0 Å². The molecule has 1 rings (SSSR count). The maximum atomic E-state index is 8.73. The van der Waals surface area contributed by atoms with Gasteiger partial charge in [-0.3, -0.25) is 0 Å². The molecule has 0 spiro atoms. The van der Waals surface area contributed by atoms with Crippen molar-refractivity contribution in [3.8, 4) is 12.1 Å². The Labute approximate surface area is 90.0 Å². The Morgan fingerprint density at radius 1 is 1.33 bits per heavy atom. The van der Waals surface area contributed by atoms with E-state index in [0.717, 1.165) is 5.69 Å². The predicted molar refractivity (Wildman–Crippen MR) is 56.8 cm³/mol. The highest BCUT2D eigenvalue weighted by Crippen LogP contribution is 2.25. The first-order valence-electron chi connectivity index (χ1n) is 4.93. The van der Waals surface area contributed by atoms with Crippen molar-refractivity contribution in [2.45, 2.75) is 26.2 Å². The largest absolute Gasteiger partial charge is 0.242 e. The van der Waals surface area contributed by atoms with Gasteiger partial charge in [0.05, 0.1) is 6.07 Å². The number of pyridine rings is 1. The summed E-state index contributed by atoms with van der Waals surface area (Å²) >= 11 is 0. The van der Waals surface area contributed by atoms with Crippen molar-refractivity contribution in [1.29, 1.82) is 10.5 Å². The standard InChI is InChI=1S/C12H13N3/c1-9(2)11(6-7-13)12-5-3-4-10(8-14)15-12/h3-5,9,11H,6H2,1-2H3. The lowest BCUT2D eigenvalue weighted by Crippen LogP contribution is -2.08. The van der Waals surface area contributed by atoms with Gasteiger partial charge in [-0.25, -0.2) is 4.98 Å². The summed E-state index contributed by atoms with van der Waals surface area (Å²) < 4.78 is 0. The van der Waals surface area contributed by atoms with Crippen LogP contribution in [0.1, 0.15) is 37.6 Å². The molecule has 1 aromatic heterocycles. The molecule has 0 amide bonds. The Hall–Kier alpha value is -1.87. The monoisotopic (exact) mass is 199 g/mol. The van der Waals surface area contributed by atoms with Crippen LogP contribution < -0.4 is 0 Å². The van der Waals surface area contributed by atoms with Gasteiger partial charge >= 0.3 is 0 Å². The van der Waals surface area contributed by atoms with Gasteiger partial charge in [-0.2, -0.15) is 10.5 Å². The quantitative estimate of drug-likeness (QED) is 0.751. The second-order valence-electron chi connectivity index (χ2n) is 3.77. The van der Waals surface area contributed by atoms with Crippen molar-refractivity contribution < 1.29 is 0 Å². The third kappa shape index (κ3) is 2.79. The Morgan fingerprint density at radius 3 is 2.60 bits per heavy atom. The minimum Gasteiger partial charge on any atom is -0.242 e. The third-order valence-corrected chi connectivity index (χ3v) is 2.38. The first-order valence-corrected chi connectivity index (χ1v) is 4.93. The Balaban J connectivity index is 3.02. The van der Waals surface area contributed by atoms with Crippen LogP contribution in [0.3, 0.4) is 0 Å². The van der Waals surface area contributed by atoms with E-state index in [9.17, 15) is 0 Å². The van der Waals surface area contributed by atoms with E-state index in [1.807, 2.05) is 18.2 Å². The van der Waals surface area contributed by atoms with Crippen LogP contribution >= 0.6 is 0 Å². The zero-order valence-electron chi connectivity index (χ0n) is 8.94. The van der Waals surface area contributed by atoms with Gasteiger partial charge in [0.25, 0.3) is 0 Å². The number of hydrogen-bond donors (Lipinski definition) is 0. The van der Waals surface area contributed by atoms with Gasteiger partial charge in [0.15, 0.2) is 0 Å². The molecule has 0 saturated carbocycles. The second-order valence-corrected chi connectivity index (χ2v) is 3.77. The van der Waals surface area contributed by atoms with E-state index in [-0.39, 0.29) is 5.92 Å². The molecule has 1 aromatic rings. The predicted octanol–water partition coefficient (Wildman–Crippen LogP) is 2.61. The van der Waals surface area contributed by atoms with Crippen LogP contribution in [-0.4, -0.2) is 4.98 Å². The van der Waals surface area contributed by atoms with E-state index in [1.54, 1.807) is 6.07 Å². The van der Waals surface area contributed by atoms with Crippen LogP contribution in [0, 0.1) is 28.6 Å². The lowest BCUT2D eigenvalue weighted by Gasteiger charge is -2.16. The summed E-state index contributed by atoms with van der Waals surface area (Å²) in [6.45, 7) is 4.12. The molecule has 0 radical (unpaired) electrons. The Morgan fingerprint density at radius 2 is 2.07 bits per heavy atom. The van der Waals surface area contributed by atoms with Crippen molar-refractivity contribution in [2.24, 2.45) is 5.92 Å². The molecule has 0 aliphatic rings. The normalized spacial score (nSPS) is 11.8. The van der Waals surface area contributed by atoms with Crippen LogP contribution in [0.5, 0.6) is 0 Å². The highest BCUT2D eigenvalue weighted by atomic mass is 14.7. The molecule has 3 nitrogen and oxygen atoms in total. The molecule has 3 heteroatoms. The maximum absolute atomic E-state index is 8.73. The van der Waals surface area contributed by atoms with Gasteiger partial charge in [-0.05, 0) is 18.1 Å². The average Bonchev–Trinajstić information content (AvgIpc) is 2.25. The molecule has 0 aromatic carbocycles. The fraction of sp³-hybridized carbons (Fsp3) is 0.417. The van der Waals surface area contributed by atoms with Crippen molar-refractivity contribution >= 4 is 0 Å². The van der Waals surface area contributed by atoms with Crippen LogP contribution in [0.25, 0.3) is 0 Å². The lowest BCUT2D eigenvalue weighted by atomic mass is 9.89. The third-order valence-electron chi connectivity index (χ3n) is 2.38. The average molecular weight is 199 g/mol. The summed E-state index contributed by atoms with van der Waals surface area (Å²) in [6.07, 6.45) is 0.444. The number of rotatable bonds is 3. The number of aromatic nitrogens is 1. The summed E-state index contributed by atoms with van der Waals surface area (Å²) in [5.41, 5.74) is 1.25. The second kappa shape index (κ2) is 5.12. The molecule has 0 N–H and O–H groups in total. The molecule has 0 aliphatic carbocycles. The lowest BCUT2D eigenvalue weighted by molar-refractivity contribution is 0.495. The molecule has 0 aliphatic heterocycles. The van der Waals surface area contributed by atoms with E-state index in [1.165, 1.54) is 0 Å².